The first-order chi connectivity index (χ1) is 9.46. The Bertz CT molecular complexity index is 645. The molecule has 0 unspecified atom stereocenters. The number of aliphatic hydroxyl groups excluding tert-OH is 1. The molecule has 108 valence electrons. The van der Waals surface area contributed by atoms with Crippen molar-refractivity contribution in [2.75, 3.05) is 12.3 Å². The lowest BCUT2D eigenvalue weighted by atomic mass is 9.98. The van der Waals surface area contributed by atoms with Crippen LogP contribution in [-0.2, 0) is 4.74 Å². The lowest BCUT2D eigenvalue weighted by molar-refractivity contribution is -0.0892. The van der Waals surface area contributed by atoms with E-state index in [0.29, 0.717) is 16.9 Å². The third-order valence-corrected chi connectivity index (χ3v) is 3.61. The number of nitrogens with two attached hydrogens (primary N) is 1. The van der Waals surface area contributed by atoms with E-state index in [1.54, 1.807) is 6.07 Å². The maximum atomic E-state index is 14.1. The molecule has 3 heterocycles. The predicted molar refractivity (Wildman–Crippen MR) is 68.5 cm³/mol. The van der Waals surface area contributed by atoms with Gasteiger partial charge in [0.25, 0.3) is 0 Å². The monoisotopic (exact) mass is 282 g/mol. The molecule has 8 heteroatoms. The fraction of sp³-hybridized carbons (Fsp3) is 0.500. The van der Waals surface area contributed by atoms with Crippen LogP contribution >= 0.6 is 0 Å². The Morgan fingerprint density at radius 1 is 1.55 bits per heavy atom. The van der Waals surface area contributed by atoms with Gasteiger partial charge in [0.2, 0.25) is 0 Å². The Hall–Kier alpha value is -1.77. The number of imidazole rings is 1. The molecule has 0 radical (unpaired) electrons. The summed E-state index contributed by atoms with van der Waals surface area (Å²) in [6.45, 7) is 0.798. The van der Waals surface area contributed by atoms with Crippen LogP contribution in [0.5, 0.6) is 0 Å². The number of nitrogen functional groups attached to an aromatic ring is 1. The van der Waals surface area contributed by atoms with Gasteiger partial charge in [-0.05, 0) is 13.0 Å². The van der Waals surface area contributed by atoms with Crippen molar-refractivity contribution in [2.45, 2.75) is 31.0 Å². The highest BCUT2D eigenvalue weighted by Crippen LogP contribution is 2.41. The first-order valence-corrected chi connectivity index (χ1v) is 6.16. The summed E-state index contributed by atoms with van der Waals surface area (Å²) in [5.74, 6) is 0. The number of rotatable bonds is 2. The van der Waals surface area contributed by atoms with Gasteiger partial charge in [-0.2, -0.15) is 0 Å². The quantitative estimate of drug-likeness (QED) is 0.715. The molecule has 0 amide bonds. The van der Waals surface area contributed by atoms with Crippen LogP contribution in [0.1, 0.15) is 13.2 Å². The SMILES string of the molecule is C[C@@]1(O)[C@H](F)[C@@H](CO)O[C@H]1n1cnc2c(N)ccnc21. The molecule has 3 rings (SSSR count). The second kappa shape index (κ2) is 4.37. The first kappa shape index (κ1) is 13.2. The van der Waals surface area contributed by atoms with E-state index in [1.807, 2.05) is 0 Å². The van der Waals surface area contributed by atoms with E-state index in [0.717, 1.165) is 0 Å². The molecule has 7 nitrogen and oxygen atoms in total. The molecule has 1 aliphatic heterocycles. The summed E-state index contributed by atoms with van der Waals surface area (Å²) in [4.78, 5) is 8.24. The molecule has 2 aromatic heterocycles. The Labute approximate surface area is 113 Å². The number of fused-ring (bicyclic) bond motifs is 1. The van der Waals surface area contributed by atoms with Crippen LogP contribution in [0.25, 0.3) is 11.2 Å². The van der Waals surface area contributed by atoms with Crippen LogP contribution < -0.4 is 5.73 Å². The van der Waals surface area contributed by atoms with Gasteiger partial charge in [0.05, 0.1) is 18.6 Å². The molecule has 1 fully saturated rings. The highest BCUT2D eigenvalue weighted by molar-refractivity contribution is 5.83. The summed E-state index contributed by atoms with van der Waals surface area (Å²) in [6.07, 6.45) is -0.950. The highest BCUT2D eigenvalue weighted by Gasteiger charge is 2.54. The van der Waals surface area contributed by atoms with Gasteiger partial charge in [-0.1, -0.05) is 0 Å². The van der Waals surface area contributed by atoms with Crippen molar-refractivity contribution in [1.82, 2.24) is 14.5 Å². The van der Waals surface area contributed by atoms with Crippen LogP contribution in [0.3, 0.4) is 0 Å². The number of hydrogen-bond acceptors (Lipinski definition) is 6. The lowest BCUT2D eigenvalue weighted by Crippen LogP contribution is -2.41. The number of aliphatic hydroxyl groups is 2. The number of aromatic nitrogens is 3. The third kappa shape index (κ3) is 1.69. The predicted octanol–water partition coefficient (Wildman–Crippen LogP) is -0.00770. The maximum absolute atomic E-state index is 14.1. The molecular weight excluding hydrogens is 267 g/mol. The molecule has 1 saturated heterocycles. The molecule has 2 aromatic rings. The standard InChI is InChI=1S/C12H15FN4O3/c1-12(19)9(13)7(4-18)20-11(12)17-5-16-8-6(14)2-3-15-10(8)17/h2-3,5,7,9,11,18-19H,4H2,1H3,(H2,14,15)/t7-,9-,11-,12-/m1/s1. The average molecular weight is 282 g/mol. The van der Waals surface area contributed by atoms with Crippen LogP contribution in [-0.4, -0.2) is 49.2 Å². The molecule has 0 aliphatic carbocycles. The fourth-order valence-corrected chi connectivity index (χ4v) is 2.49. The topological polar surface area (TPSA) is 106 Å². The summed E-state index contributed by atoms with van der Waals surface area (Å²) in [6, 6.07) is 1.60. The van der Waals surface area contributed by atoms with Crippen molar-refractivity contribution in [1.29, 1.82) is 0 Å². The number of nitrogens with zero attached hydrogens (tertiary/aromatic N) is 3. The summed E-state index contributed by atoms with van der Waals surface area (Å²) in [7, 11) is 0. The molecule has 4 atom stereocenters. The average Bonchev–Trinajstić information content (AvgIpc) is 2.92. The molecule has 0 bridgehead atoms. The van der Waals surface area contributed by atoms with Gasteiger partial charge in [-0.15, -0.1) is 0 Å². The molecule has 0 saturated carbocycles. The van der Waals surface area contributed by atoms with Gasteiger partial charge in [0, 0.05) is 6.20 Å². The van der Waals surface area contributed by atoms with Crippen molar-refractivity contribution < 1.29 is 19.3 Å². The van der Waals surface area contributed by atoms with E-state index >= 15 is 0 Å². The minimum atomic E-state index is -1.80. The van der Waals surface area contributed by atoms with Crippen molar-refractivity contribution in [3.05, 3.63) is 18.6 Å². The van der Waals surface area contributed by atoms with Crippen LogP contribution in [0.15, 0.2) is 18.6 Å². The van der Waals surface area contributed by atoms with Crippen LogP contribution in [0.2, 0.25) is 0 Å². The van der Waals surface area contributed by atoms with Crippen molar-refractivity contribution in [3.63, 3.8) is 0 Å². The Morgan fingerprint density at radius 3 is 2.95 bits per heavy atom. The van der Waals surface area contributed by atoms with Crippen LogP contribution in [0.4, 0.5) is 10.1 Å². The molecule has 20 heavy (non-hydrogen) atoms. The van der Waals surface area contributed by atoms with E-state index in [1.165, 1.54) is 24.0 Å². The van der Waals surface area contributed by atoms with E-state index in [2.05, 4.69) is 9.97 Å². The Morgan fingerprint density at radius 2 is 2.30 bits per heavy atom. The Kier molecular flexibility index (Phi) is 2.89. The van der Waals surface area contributed by atoms with Crippen molar-refractivity contribution in [2.24, 2.45) is 0 Å². The summed E-state index contributed by atoms with van der Waals surface area (Å²) < 4.78 is 20.9. The van der Waals surface area contributed by atoms with E-state index < -0.39 is 30.7 Å². The number of hydrogen-bond donors (Lipinski definition) is 3. The minimum Gasteiger partial charge on any atom is -0.397 e. The van der Waals surface area contributed by atoms with Gasteiger partial charge in [-0.3, -0.25) is 4.57 Å². The van der Waals surface area contributed by atoms with Gasteiger partial charge in [-0.25, -0.2) is 14.4 Å². The smallest absolute Gasteiger partial charge is 0.168 e. The number of anilines is 1. The van der Waals surface area contributed by atoms with Gasteiger partial charge in [0.15, 0.2) is 18.0 Å². The number of halogens is 1. The van der Waals surface area contributed by atoms with E-state index in [-0.39, 0.29) is 0 Å². The third-order valence-electron chi connectivity index (χ3n) is 3.61. The lowest BCUT2D eigenvalue weighted by Gasteiger charge is -2.26. The summed E-state index contributed by atoms with van der Waals surface area (Å²) >= 11 is 0. The highest BCUT2D eigenvalue weighted by atomic mass is 19.1. The largest absolute Gasteiger partial charge is 0.397 e. The molecule has 0 spiro atoms. The van der Waals surface area contributed by atoms with Crippen molar-refractivity contribution >= 4 is 16.9 Å². The van der Waals surface area contributed by atoms with Gasteiger partial charge in [0.1, 0.15) is 17.2 Å². The van der Waals surface area contributed by atoms with E-state index in [9.17, 15) is 9.50 Å². The number of pyridine rings is 1. The molecule has 4 N–H and O–H groups in total. The zero-order valence-electron chi connectivity index (χ0n) is 10.8. The number of ether oxygens (including phenoxy) is 1. The normalized spacial score (nSPS) is 33.9. The van der Waals surface area contributed by atoms with Crippen molar-refractivity contribution in [3.8, 4) is 0 Å². The van der Waals surface area contributed by atoms with Crippen LogP contribution in [0, 0.1) is 0 Å². The zero-order valence-corrected chi connectivity index (χ0v) is 10.8. The molecule has 0 aromatic carbocycles. The first-order valence-electron chi connectivity index (χ1n) is 6.16. The summed E-state index contributed by atoms with van der Waals surface area (Å²) in [5, 5.41) is 19.4. The fourth-order valence-electron chi connectivity index (χ4n) is 2.49. The Balaban J connectivity index is 2.10. The second-order valence-electron chi connectivity index (χ2n) is 5.06. The molecular formula is C12H15FN4O3. The number of alkyl halides is 1. The minimum absolute atomic E-state index is 0.390. The maximum Gasteiger partial charge on any atom is 0.168 e. The second-order valence-corrected chi connectivity index (χ2v) is 5.06. The van der Waals surface area contributed by atoms with E-state index in [4.69, 9.17) is 15.6 Å². The van der Waals surface area contributed by atoms with Gasteiger partial charge < -0.3 is 20.7 Å². The zero-order chi connectivity index (χ0) is 14.5. The molecule has 1 aliphatic rings. The summed E-state index contributed by atoms with van der Waals surface area (Å²) in [5.41, 5.74) is 5.26. The van der Waals surface area contributed by atoms with Gasteiger partial charge >= 0.3 is 0 Å².